The Hall–Kier alpha value is -2.70. The number of non-ortho nitro benzene ring substituents is 1. The zero-order valence-electron chi connectivity index (χ0n) is 14.3. The van der Waals surface area contributed by atoms with Crippen LogP contribution in [0.1, 0.15) is 32.6 Å². The second-order valence-electron chi connectivity index (χ2n) is 6.36. The van der Waals surface area contributed by atoms with Gasteiger partial charge in [0.2, 0.25) is 5.91 Å². The molecule has 0 radical (unpaired) electrons. The van der Waals surface area contributed by atoms with Crippen molar-refractivity contribution in [1.29, 1.82) is 0 Å². The van der Waals surface area contributed by atoms with Gasteiger partial charge in [-0.3, -0.25) is 19.9 Å². The maximum absolute atomic E-state index is 12.0. The van der Waals surface area contributed by atoms with Gasteiger partial charge in [-0.15, -0.1) is 0 Å². The molecule has 2 aromatic rings. The molecule has 1 aromatic carbocycles. The summed E-state index contributed by atoms with van der Waals surface area (Å²) >= 11 is 0. The summed E-state index contributed by atoms with van der Waals surface area (Å²) in [5.41, 5.74) is 0.940. The maximum atomic E-state index is 12.0. The summed E-state index contributed by atoms with van der Waals surface area (Å²) in [6.07, 6.45) is 6.41. The highest BCUT2D eigenvalue weighted by Crippen LogP contribution is 2.31. The van der Waals surface area contributed by atoms with Gasteiger partial charge in [-0.2, -0.15) is 0 Å². The normalized spacial score (nSPS) is 15.3. The summed E-state index contributed by atoms with van der Waals surface area (Å²) < 4.78 is 0. The van der Waals surface area contributed by atoms with Crippen molar-refractivity contribution in [2.45, 2.75) is 38.6 Å². The first-order valence-electron chi connectivity index (χ1n) is 8.65. The van der Waals surface area contributed by atoms with Crippen molar-refractivity contribution in [3.8, 4) is 0 Å². The molecule has 0 atom stereocenters. The molecule has 1 aliphatic rings. The quantitative estimate of drug-likeness (QED) is 0.665. The molecule has 0 unspecified atom stereocenters. The smallest absolute Gasteiger partial charge is 0.278 e. The minimum atomic E-state index is -0.383. The summed E-state index contributed by atoms with van der Waals surface area (Å²) in [5, 5.41) is 16.0. The van der Waals surface area contributed by atoms with Crippen LogP contribution in [0.15, 0.2) is 30.6 Å². The number of hydrogen-bond donors (Lipinski definition) is 1. The van der Waals surface area contributed by atoms with Gasteiger partial charge in [0.05, 0.1) is 10.3 Å². The molecule has 1 saturated heterocycles. The highest BCUT2D eigenvalue weighted by molar-refractivity contribution is 5.99. The van der Waals surface area contributed by atoms with Gasteiger partial charge in [-0.25, -0.2) is 0 Å². The van der Waals surface area contributed by atoms with Gasteiger partial charge in [0.25, 0.3) is 5.69 Å². The first kappa shape index (κ1) is 17.1. The molecule has 132 valence electrons. The number of nitrogens with one attached hydrogen (secondary N) is 1. The minimum Gasteiger partial charge on any atom is -0.382 e. The third-order valence-electron chi connectivity index (χ3n) is 4.66. The van der Waals surface area contributed by atoms with Crippen molar-refractivity contribution in [2.24, 2.45) is 0 Å². The average Bonchev–Trinajstić information content (AvgIpc) is 2.62. The van der Waals surface area contributed by atoms with Gasteiger partial charge >= 0.3 is 0 Å². The molecule has 0 bridgehead atoms. The van der Waals surface area contributed by atoms with Gasteiger partial charge in [0.15, 0.2) is 0 Å². The van der Waals surface area contributed by atoms with Crippen LogP contribution >= 0.6 is 0 Å². The molecule has 1 aromatic heterocycles. The van der Waals surface area contributed by atoms with Crippen molar-refractivity contribution < 1.29 is 9.72 Å². The minimum absolute atomic E-state index is 0.0635. The fraction of sp³-hybridized carbons (Fsp3) is 0.444. The summed E-state index contributed by atoms with van der Waals surface area (Å²) in [4.78, 5) is 28.7. The van der Waals surface area contributed by atoms with E-state index in [4.69, 9.17) is 0 Å². The Kier molecular flexibility index (Phi) is 5.11. The molecule has 1 fully saturated rings. The number of hydrogen-bond acceptors (Lipinski definition) is 5. The summed E-state index contributed by atoms with van der Waals surface area (Å²) in [7, 11) is 0. The zero-order chi connectivity index (χ0) is 17.8. The molecule has 7 nitrogen and oxygen atoms in total. The second-order valence-corrected chi connectivity index (χ2v) is 6.36. The first-order valence-corrected chi connectivity index (χ1v) is 8.65. The summed E-state index contributed by atoms with van der Waals surface area (Å²) in [5.74, 6) is 0.229. The van der Waals surface area contributed by atoms with E-state index in [2.05, 4.69) is 10.3 Å². The van der Waals surface area contributed by atoms with Crippen molar-refractivity contribution in [3.05, 3.63) is 40.7 Å². The number of likely N-dealkylation sites (tertiary alicyclic amines) is 1. The van der Waals surface area contributed by atoms with Crippen LogP contribution in [-0.4, -0.2) is 39.8 Å². The van der Waals surface area contributed by atoms with E-state index in [1.807, 2.05) is 11.8 Å². The van der Waals surface area contributed by atoms with Crippen LogP contribution in [0, 0.1) is 10.1 Å². The number of benzene rings is 1. The van der Waals surface area contributed by atoms with Crippen LogP contribution in [0.4, 0.5) is 11.4 Å². The number of nitro groups is 1. The van der Waals surface area contributed by atoms with Crippen LogP contribution in [0.5, 0.6) is 0 Å². The standard InChI is InChI=1S/C18H22N4O3/c1-2-3-18(23)21-10-7-13(8-11-21)20-16-4-5-17(22(24)25)15-12-19-9-6-14(15)16/h4-6,9,12-13,20H,2-3,7-8,10-11H2,1H3. The van der Waals surface area contributed by atoms with Crippen LogP contribution in [-0.2, 0) is 4.79 Å². The molecular formula is C18H22N4O3. The Labute approximate surface area is 146 Å². The van der Waals surface area contributed by atoms with Gasteiger partial charge in [0, 0.05) is 55.1 Å². The van der Waals surface area contributed by atoms with E-state index >= 15 is 0 Å². The molecule has 1 aliphatic heterocycles. The molecule has 2 heterocycles. The lowest BCUT2D eigenvalue weighted by Crippen LogP contribution is -2.42. The van der Waals surface area contributed by atoms with Crippen LogP contribution < -0.4 is 5.32 Å². The fourth-order valence-corrected chi connectivity index (χ4v) is 3.33. The third-order valence-corrected chi connectivity index (χ3v) is 4.66. The number of anilines is 1. The van der Waals surface area contributed by atoms with Crippen LogP contribution in [0.25, 0.3) is 10.8 Å². The third kappa shape index (κ3) is 3.70. The van der Waals surface area contributed by atoms with E-state index in [1.165, 1.54) is 12.3 Å². The van der Waals surface area contributed by atoms with Crippen LogP contribution in [0.3, 0.4) is 0 Å². The van der Waals surface area contributed by atoms with Crippen molar-refractivity contribution in [2.75, 3.05) is 18.4 Å². The molecule has 1 N–H and O–H groups in total. The van der Waals surface area contributed by atoms with Crippen LogP contribution in [0.2, 0.25) is 0 Å². The maximum Gasteiger partial charge on any atom is 0.278 e. The topological polar surface area (TPSA) is 88.4 Å². The summed E-state index contributed by atoms with van der Waals surface area (Å²) in [6, 6.07) is 5.33. The number of nitrogens with zero attached hydrogens (tertiary/aromatic N) is 3. The predicted octanol–water partition coefficient (Wildman–Crippen LogP) is 3.35. The lowest BCUT2D eigenvalue weighted by molar-refractivity contribution is -0.383. The van der Waals surface area contributed by atoms with E-state index in [0.29, 0.717) is 11.8 Å². The number of aromatic nitrogens is 1. The van der Waals surface area contributed by atoms with Crippen molar-refractivity contribution in [1.82, 2.24) is 9.88 Å². The van der Waals surface area contributed by atoms with E-state index in [0.717, 1.165) is 43.4 Å². The van der Waals surface area contributed by atoms with E-state index in [1.54, 1.807) is 18.3 Å². The molecule has 25 heavy (non-hydrogen) atoms. The molecule has 7 heteroatoms. The second kappa shape index (κ2) is 7.46. The van der Waals surface area contributed by atoms with E-state index in [-0.39, 0.29) is 22.6 Å². The highest BCUT2D eigenvalue weighted by atomic mass is 16.6. The predicted molar refractivity (Wildman–Crippen MR) is 96.5 cm³/mol. The largest absolute Gasteiger partial charge is 0.382 e. The van der Waals surface area contributed by atoms with Gasteiger partial charge < -0.3 is 10.2 Å². The van der Waals surface area contributed by atoms with Gasteiger partial charge in [-0.1, -0.05) is 6.92 Å². The lowest BCUT2D eigenvalue weighted by atomic mass is 10.0. The van der Waals surface area contributed by atoms with E-state index in [9.17, 15) is 14.9 Å². The monoisotopic (exact) mass is 342 g/mol. The Morgan fingerprint density at radius 2 is 2.08 bits per heavy atom. The van der Waals surface area contributed by atoms with Gasteiger partial charge in [0.1, 0.15) is 0 Å². The number of piperidine rings is 1. The van der Waals surface area contributed by atoms with Gasteiger partial charge in [-0.05, 0) is 31.4 Å². The molecule has 1 amide bonds. The molecule has 0 saturated carbocycles. The number of nitro benzene ring substituents is 1. The van der Waals surface area contributed by atoms with E-state index < -0.39 is 0 Å². The number of carbonyl (C=O) groups is 1. The number of fused-ring (bicyclic) bond motifs is 1. The van der Waals surface area contributed by atoms with Crippen molar-refractivity contribution >= 4 is 28.1 Å². The molecule has 0 aliphatic carbocycles. The fourth-order valence-electron chi connectivity index (χ4n) is 3.33. The summed E-state index contributed by atoms with van der Waals surface area (Å²) in [6.45, 7) is 3.52. The highest BCUT2D eigenvalue weighted by Gasteiger charge is 2.23. The molecule has 3 rings (SSSR count). The molecular weight excluding hydrogens is 320 g/mol. The number of carbonyl (C=O) groups excluding carboxylic acids is 1. The lowest BCUT2D eigenvalue weighted by Gasteiger charge is -2.33. The average molecular weight is 342 g/mol. The SMILES string of the molecule is CCCC(=O)N1CCC(Nc2ccc([N+](=O)[O-])c3cnccc23)CC1. The molecule has 0 spiro atoms. The Bertz CT molecular complexity index is 785. The first-order chi connectivity index (χ1) is 12.1. The zero-order valence-corrected chi connectivity index (χ0v) is 14.3. The Morgan fingerprint density at radius 3 is 2.76 bits per heavy atom. The van der Waals surface area contributed by atoms with Crippen molar-refractivity contribution in [3.63, 3.8) is 0 Å². The number of rotatable bonds is 5. The Balaban J connectivity index is 1.73. The number of pyridine rings is 1. The Morgan fingerprint density at radius 1 is 1.32 bits per heavy atom. The number of amides is 1.